The summed E-state index contributed by atoms with van der Waals surface area (Å²) in [5.74, 6) is 0.488. The standard InChI is InChI=1S/C22H22FN5OS/c23-17-11-9-15(10-12-17)18-19(21(29)27-13-5-2-6-14-27)30-22-25-24-20(28(22)26-18)16-7-3-1-4-8-16/h1,3-4,7-12,18-19,26H,2,5-6,13-14H2. The Morgan fingerprint density at radius 3 is 2.47 bits per heavy atom. The third-order valence-electron chi connectivity index (χ3n) is 5.61. The number of aromatic nitrogens is 3. The van der Waals surface area contributed by atoms with Gasteiger partial charge in [0.15, 0.2) is 5.82 Å². The van der Waals surface area contributed by atoms with E-state index in [0.29, 0.717) is 11.0 Å². The molecule has 6 nitrogen and oxygen atoms in total. The minimum absolute atomic E-state index is 0.0945. The number of hydrogen-bond donors (Lipinski definition) is 1. The highest BCUT2D eigenvalue weighted by Gasteiger charge is 2.40. The molecule has 154 valence electrons. The molecule has 2 aliphatic rings. The second-order valence-electron chi connectivity index (χ2n) is 7.59. The summed E-state index contributed by atoms with van der Waals surface area (Å²) in [6.45, 7) is 1.57. The highest BCUT2D eigenvalue weighted by molar-refractivity contribution is 8.00. The van der Waals surface area contributed by atoms with Crippen molar-refractivity contribution in [3.63, 3.8) is 0 Å². The lowest BCUT2D eigenvalue weighted by molar-refractivity contribution is -0.131. The zero-order valence-corrected chi connectivity index (χ0v) is 17.2. The maximum atomic E-state index is 13.5. The van der Waals surface area contributed by atoms with Crippen LogP contribution >= 0.6 is 11.8 Å². The summed E-state index contributed by atoms with van der Waals surface area (Å²) < 4.78 is 15.4. The maximum Gasteiger partial charge on any atom is 0.238 e. The molecule has 1 N–H and O–H groups in total. The van der Waals surface area contributed by atoms with Crippen molar-refractivity contribution in [3.05, 3.63) is 66.0 Å². The summed E-state index contributed by atoms with van der Waals surface area (Å²) in [6, 6.07) is 15.8. The highest BCUT2D eigenvalue weighted by atomic mass is 32.2. The van der Waals surface area contributed by atoms with E-state index in [1.54, 1.807) is 12.1 Å². The summed E-state index contributed by atoms with van der Waals surface area (Å²) in [5, 5.41) is 8.96. The van der Waals surface area contributed by atoms with E-state index in [2.05, 4.69) is 15.6 Å². The number of likely N-dealkylation sites (tertiary alicyclic amines) is 1. The summed E-state index contributed by atoms with van der Waals surface area (Å²) in [5.41, 5.74) is 5.24. The number of fused-ring (bicyclic) bond motifs is 1. The first kappa shape index (κ1) is 19.1. The van der Waals surface area contributed by atoms with Crippen LogP contribution in [0, 0.1) is 5.82 Å². The third kappa shape index (κ3) is 3.56. The lowest BCUT2D eigenvalue weighted by Gasteiger charge is -2.37. The number of benzene rings is 2. The molecule has 30 heavy (non-hydrogen) atoms. The Labute approximate surface area is 178 Å². The number of piperidine rings is 1. The predicted octanol–water partition coefficient (Wildman–Crippen LogP) is 3.86. The fourth-order valence-corrected chi connectivity index (χ4v) is 5.20. The van der Waals surface area contributed by atoms with Crippen LogP contribution in [0.1, 0.15) is 30.9 Å². The molecule has 1 fully saturated rings. The van der Waals surface area contributed by atoms with Gasteiger partial charge in [-0.3, -0.25) is 4.79 Å². The van der Waals surface area contributed by atoms with E-state index in [4.69, 9.17) is 0 Å². The number of carbonyl (C=O) groups excluding carboxylic acids is 1. The Morgan fingerprint density at radius 1 is 1.00 bits per heavy atom. The number of hydrogen-bond acceptors (Lipinski definition) is 5. The van der Waals surface area contributed by atoms with E-state index in [1.807, 2.05) is 39.9 Å². The number of rotatable bonds is 3. The van der Waals surface area contributed by atoms with Gasteiger partial charge < -0.3 is 10.3 Å². The Kier molecular flexibility index (Phi) is 5.16. The Hall–Kier alpha value is -2.87. The molecule has 0 saturated carbocycles. The van der Waals surface area contributed by atoms with Gasteiger partial charge in [-0.05, 0) is 37.0 Å². The van der Waals surface area contributed by atoms with Gasteiger partial charge in [-0.2, -0.15) is 0 Å². The number of amides is 1. The average molecular weight is 424 g/mol. The monoisotopic (exact) mass is 423 g/mol. The quantitative estimate of drug-likeness (QED) is 0.693. The van der Waals surface area contributed by atoms with Crippen molar-refractivity contribution in [2.45, 2.75) is 35.7 Å². The molecule has 0 spiro atoms. The number of nitrogens with zero attached hydrogens (tertiary/aromatic N) is 4. The van der Waals surface area contributed by atoms with Crippen molar-refractivity contribution in [2.24, 2.45) is 0 Å². The number of nitrogens with one attached hydrogen (secondary N) is 1. The second kappa shape index (κ2) is 8.10. The topological polar surface area (TPSA) is 63.1 Å². The average Bonchev–Trinajstić information content (AvgIpc) is 3.22. The van der Waals surface area contributed by atoms with Gasteiger partial charge in [-0.25, -0.2) is 9.07 Å². The van der Waals surface area contributed by atoms with Gasteiger partial charge in [-0.15, -0.1) is 10.2 Å². The molecule has 0 aliphatic carbocycles. The van der Waals surface area contributed by atoms with Gasteiger partial charge >= 0.3 is 0 Å². The summed E-state index contributed by atoms with van der Waals surface area (Å²) in [4.78, 5) is 15.4. The summed E-state index contributed by atoms with van der Waals surface area (Å²) in [6.07, 6.45) is 3.23. The molecule has 3 aromatic rings. The van der Waals surface area contributed by atoms with Crippen LogP contribution in [0.4, 0.5) is 4.39 Å². The van der Waals surface area contributed by atoms with E-state index in [0.717, 1.165) is 43.5 Å². The van der Waals surface area contributed by atoms with Crippen LogP contribution < -0.4 is 5.43 Å². The first-order chi connectivity index (χ1) is 14.7. The molecular weight excluding hydrogens is 401 g/mol. The molecule has 3 heterocycles. The van der Waals surface area contributed by atoms with Gasteiger partial charge in [-0.1, -0.05) is 54.2 Å². The Balaban J connectivity index is 1.53. The van der Waals surface area contributed by atoms with Crippen LogP contribution in [-0.2, 0) is 4.79 Å². The molecule has 2 atom stereocenters. The van der Waals surface area contributed by atoms with Crippen LogP contribution in [0.15, 0.2) is 59.8 Å². The fraction of sp³-hybridized carbons (Fsp3) is 0.318. The van der Waals surface area contributed by atoms with Gasteiger partial charge in [0.25, 0.3) is 0 Å². The van der Waals surface area contributed by atoms with Crippen molar-refractivity contribution < 1.29 is 9.18 Å². The molecule has 0 bridgehead atoms. The minimum Gasteiger partial charge on any atom is -0.342 e. The molecule has 2 aromatic carbocycles. The van der Waals surface area contributed by atoms with Crippen molar-refractivity contribution in [3.8, 4) is 11.4 Å². The fourth-order valence-electron chi connectivity index (χ4n) is 4.03. The zero-order chi connectivity index (χ0) is 20.5. The van der Waals surface area contributed by atoms with E-state index in [9.17, 15) is 9.18 Å². The molecule has 2 unspecified atom stereocenters. The van der Waals surface area contributed by atoms with Crippen LogP contribution in [0.25, 0.3) is 11.4 Å². The molecule has 8 heteroatoms. The normalized spacial score (nSPS) is 21.0. The van der Waals surface area contributed by atoms with Crippen LogP contribution in [0.5, 0.6) is 0 Å². The van der Waals surface area contributed by atoms with Gasteiger partial charge in [0.05, 0.1) is 6.04 Å². The number of thioether (sulfide) groups is 1. The Bertz CT molecular complexity index is 1030. The van der Waals surface area contributed by atoms with Crippen LogP contribution in [-0.4, -0.2) is 44.0 Å². The molecule has 0 radical (unpaired) electrons. The van der Waals surface area contributed by atoms with E-state index >= 15 is 0 Å². The van der Waals surface area contributed by atoms with Crippen molar-refractivity contribution in [1.82, 2.24) is 19.8 Å². The molecule has 5 rings (SSSR count). The first-order valence-corrected chi connectivity index (χ1v) is 11.1. The van der Waals surface area contributed by atoms with Crippen molar-refractivity contribution in [2.75, 3.05) is 18.5 Å². The predicted molar refractivity (Wildman–Crippen MR) is 114 cm³/mol. The van der Waals surface area contributed by atoms with Crippen LogP contribution in [0.3, 0.4) is 0 Å². The van der Waals surface area contributed by atoms with Crippen molar-refractivity contribution in [1.29, 1.82) is 0 Å². The Morgan fingerprint density at radius 2 is 1.73 bits per heavy atom. The SMILES string of the molecule is O=C(C1Sc2nnc(-c3ccccc3)n2NC1c1ccc(F)cc1)N1CCCCC1. The number of halogens is 1. The van der Waals surface area contributed by atoms with E-state index in [1.165, 1.54) is 23.9 Å². The molecule has 1 amide bonds. The molecular formula is C22H22FN5OS. The lowest BCUT2D eigenvalue weighted by atomic mass is 10.0. The smallest absolute Gasteiger partial charge is 0.238 e. The van der Waals surface area contributed by atoms with Crippen LogP contribution in [0.2, 0.25) is 0 Å². The number of carbonyl (C=O) groups is 1. The highest BCUT2D eigenvalue weighted by Crippen LogP contribution is 2.39. The minimum atomic E-state index is -0.395. The molecule has 1 aromatic heterocycles. The summed E-state index contributed by atoms with van der Waals surface area (Å²) >= 11 is 1.42. The van der Waals surface area contributed by atoms with E-state index < -0.39 is 5.25 Å². The second-order valence-corrected chi connectivity index (χ2v) is 8.70. The summed E-state index contributed by atoms with van der Waals surface area (Å²) in [7, 11) is 0. The van der Waals surface area contributed by atoms with Gasteiger partial charge in [0, 0.05) is 18.7 Å². The lowest BCUT2D eigenvalue weighted by Crippen LogP contribution is -2.47. The zero-order valence-electron chi connectivity index (χ0n) is 16.4. The van der Waals surface area contributed by atoms with Gasteiger partial charge in [0.2, 0.25) is 11.1 Å². The first-order valence-electron chi connectivity index (χ1n) is 10.2. The maximum absolute atomic E-state index is 13.5. The van der Waals surface area contributed by atoms with E-state index in [-0.39, 0.29) is 17.8 Å². The third-order valence-corrected chi connectivity index (χ3v) is 6.81. The molecule has 2 aliphatic heterocycles. The van der Waals surface area contributed by atoms with Crippen molar-refractivity contribution >= 4 is 17.7 Å². The molecule has 1 saturated heterocycles. The van der Waals surface area contributed by atoms with Gasteiger partial charge in [0.1, 0.15) is 11.1 Å². The largest absolute Gasteiger partial charge is 0.342 e.